The van der Waals surface area contributed by atoms with Crippen molar-refractivity contribution in [3.63, 3.8) is 0 Å². The fourth-order valence-electron chi connectivity index (χ4n) is 3.15. The van der Waals surface area contributed by atoms with Crippen LogP contribution in [0, 0.1) is 0 Å². The van der Waals surface area contributed by atoms with Crippen molar-refractivity contribution in [2.24, 2.45) is 0 Å². The Hall–Kier alpha value is -2.94. The van der Waals surface area contributed by atoms with E-state index in [0.29, 0.717) is 5.56 Å². The fraction of sp³-hybridized carbons (Fsp3) is 0.294. The molecule has 3 heterocycles. The molecule has 1 atom stereocenters. The van der Waals surface area contributed by atoms with E-state index in [1.807, 2.05) is 6.07 Å². The number of anilines is 1. The summed E-state index contributed by atoms with van der Waals surface area (Å²) < 4.78 is 29.1. The molecule has 2 aliphatic rings. The summed E-state index contributed by atoms with van der Waals surface area (Å²) >= 11 is 0. The fourth-order valence-corrected chi connectivity index (χ4v) is 3.15. The molecule has 1 aliphatic heterocycles. The molecule has 7 nitrogen and oxygen atoms in total. The van der Waals surface area contributed by atoms with E-state index in [9.17, 15) is 8.78 Å². The number of tetrazole rings is 1. The van der Waals surface area contributed by atoms with Crippen LogP contribution in [0.4, 0.5) is 14.6 Å². The molecule has 0 saturated heterocycles. The Morgan fingerprint density at radius 3 is 3.00 bits per heavy atom. The van der Waals surface area contributed by atoms with Gasteiger partial charge in [0.1, 0.15) is 11.9 Å². The highest BCUT2D eigenvalue weighted by Gasteiger charge is 2.27. The van der Waals surface area contributed by atoms with Gasteiger partial charge in [-0.2, -0.15) is 0 Å². The highest BCUT2D eigenvalue weighted by molar-refractivity contribution is 5.75. The summed E-state index contributed by atoms with van der Waals surface area (Å²) in [5.74, 6) is -1.32. The van der Waals surface area contributed by atoms with Gasteiger partial charge in [0.25, 0.3) is 0 Å². The van der Waals surface area contributed by atoms with Gasteiger partial charge in [-0.15, -0.1) is 5.10 Å². The minimum absolute atomic E-state index is 0.232. The molecular formula is C17H17F2N7. The van der Waals surface area contributed by atoms with Crippen LogP contribution >= 0.6 is 0 Å². The van der Waals surface area contributed by atoms with Crippen LogP contribution in [0.25, 0.3) is 17.0 Å². The van der Waals surface area contributed by atoms with Crippen LogP contribution < -0.4 is 11.1 Å². The Morgan fingerprint density at radius 1 is 1.31 bits per heavy atom. The number of halogens is 2. The summed E-state index contributed by atoms with van der Waals surface area (Å²) in [7, 11) is 0. The second-order valence-corrected chi connectivity index (χ2v) is 6.14. The molecule has 4 rings (SSSR count). The van der Waals surface area contributed by atoms with E-state index in [2.05, 4.69) is 31.9 Å². The molecule has 0 saturated carbocycles. The standard InChI is InChI=1S/C17H17F2N7/c18-13-2-1-3-14(15(13)19)26-17(23-24-25-26)12-8-11(9-22-16(12)20)10-4-6-21-7-5-10/h1-2,4,8-9,14,21H,3,5-7H2,(H2,20,22). The van der Waals surface area contributed by atoms with E-state index in [1.54, 1.807) is 12.3 Å². The first-order chi connectivity index (χ1) is 12.6. The van der Waals surface area contributed by atoms with Crippen molar-refractivity contribution in [3.05, 3.63) is 47.7 Å². The first-order valence-electron chi connectivity index (χ1n) is 8.30. The third-order valence-corrected chi connectivity index (χ3v) is 4.53. The van der Waals surface area contributed by atoms with Gasteiger partial charge in [-0.25, -0.2) is 18.4 Å². The van der Waals surface area contributed by atoms with Crippen LogP contribution in [0.15, 0.2) is 42.1 Å². The SMILES string of the molecule is Nc1ncc(C2=CCNCC2)cc1-c1nnnn1C1CC=CC(F)=C1F. The Labute approximate surface area is 148 Å². The number of nitrogen functional groups attached to an aromatic ring is 1. The highest BCUT2D eigenvalue weighted by Crippen LogP contribution is 2.35. The summed E-state index contributed by atoms with van der Waals surface area (Å²) in [4.78, 5) is 4.24. The van der Waals surface area contributed by atoms with Crippen LogP contribution in [0.1, 0.15) is 24.4 Å². The van der Waals surface area contributed by atoms with E-state index in [-0.39, 0.29) is 18.1 Å². The van der Waals surface area contributed by atoms with Crippen molar-refractivity contribution in [2.75, 3.05) is 18.8 Å². The molecule has 2 aromatic heterocycles. The number of nitrogens with two attached hydrogens (primary N) is 1. The van der Waals surface area contributed by atoms with Crippen molar-refractivity contribution in [1.29, 1.82) is 0 Å². The molecular weight excluding hydrogens is 340 g/mol. The maximum atomic E-state index is 14.2. The van der Waals surface area contributed by atoms with Crippen molar-refractivity contribution in [3.8, 4) is 11.4 Å². The zero-order valence-corrected chi connectivity index (χ0v) is 13.9. The van der Waals surface area contributed by atoms with Gasteiger partial charge in [0, 0.05) is 12.7 Å². The number of rotatable bonds is 3. The second kappa shape index (κ2) is 6.75. The van der Waals surface area contributed by atoms with Gasteiger partial charge in [-0.05, 0) is 53.1 Å². The molecule has 2 aromatic rings. The predicted octanol–water partition coefficient (Wildman–Crippen LogP) is 2.35. The Bertz CT molecular complexity index is 929. The molecule has 0 amide bonds. The zero-order chi connectivity index (χ0) is 18.1. The molecule has 134 valence electrons. The topological polar surface area (TPSA) is 94.5 Å². The van der Waals surface area contributed by atoms with E-state index in [1.165, 1.54) is 4.68 Å². The minimum Gasteiger partial charge on any atom is -0.383 e. The smallest absolute Gasteiger partial charge is 0.186 e. The van der Waals surface area contributed by atoms with E-state index < -0.39 is 17.7 Å². The average Bonchev–Trinajstić information content (AvgIpc) is 3.14. The maximum Gasteiger partial charge on any atom is 0.186 e. The van der Waals surface area contributed by atoms with Gasteiger partial charge in [-0.3, -0.25) is 0 Å². The van der Waals surface area contributed by atoms with Crippen LogP contribution in [-0.4, -0.2) is 38.3 Å². The molecule has 0 spiro atoms. The minimum atomic E-state index is -0.939. The lowest BCUT2D eigenvalue weighted by atomic mass is 10.00. The average molecular weight is 357 g/mol. The first-order valence-corrected chi connectivity index (χ1v) is 8.30. The summed E-state index contributed by atoms with van der Waals surface area (Å²) in [6.45, 7) is 1.67. The van der Waals surface area contributed by atoms with Gasteiger partial charge in [-0.1, -0.05) is 12.2 Å². The molecule has 1 aliphatic carbocycles. The predicted molar refractivity (Wildman–Crippen MR) is 93.0 cm³/mol. The van der Waals surface area contributed by atoms with Crippen LogP contribution in [0.5, 0.6) is 0 Å². The van der Waals surface area contributed by atoms with Gasteiger partial charge in [0.2, 0.25) is 0 Å². The van der Waals surface area contributed by atoms with E-state index >= 15 is 0 Å². The summed E-state index contributed by atoms with van der Waals surface area (Å²) in [5.41, 5.74) is 8.58. The van der Waals surface area contributed by atoms with Crippen LogP contribution in [-0.2, 0) is 0 Å². The number of aromatic nitrogens is 5. The second-order valence-electron chi connectivity index (χ2n) is 6.14. The lowest BCUT2D eigenvalue weighted by Crippen LogP contribution is -2.20. The quantitative estimate of drug-likeness (QED) is 0.876. The van der Waals surface area contributed by atoms with Gasteiger partial charge >= 0.3 is 0 Å². The maximum absolute atomic E-state index is 14.2. The van der Waals surface area contributed by atoms with Crippen molar-refractivity contribution in [2.45, 2.75) is 18.9 Å². The van der Waals surface area contributed by atoms with Crippen molar-refractivity contribution in [1.82, 2.24) is 30.5 Å². The van der Waals surface area contributed by atoms with Gasteiger partial charge in [0.05, 0.1) is 5.56 Å². The van der Waals surface area contributed by atoms with Crippen LogP contribution in [0.2, 0.25) is 0 Å². The number of hydrogen-bond acceptors (Lipinski definition) is 6. The molecule has 0 fully saturated rings. The molecule has 9 heteroatoms. The molecule has 0 radical (unpaired) electrons. The molecule has 3 N–H and O–H groups in total. The molecule has 1 unspecified atom stereocenters. The van der Waals surface area contributed by atoms with Gasteiger partial charge < -0.3 is 11.1 Å². The third-order valence-electron chi connectivity index (χ3n) is 4.53. The van der Waals surface area contributed by atoms with Gasteiger partial charge in [0.15, 0.2) is 17.5 Å². The normalized spacial score (nSPS) is 20.4. The largest absolute Gasteiger partial charge is 0.383 e. The summed E-state index contributed by atoms with van der Waals surface area (Å²) in [5, 5.41) is 14.7. The lowest BCUT2D eigenvalue weighted by molar-refractivity contribution is 0.389. The zero-order valence-electron chi connectivity index (χ0n) is 13.9. The molecule has 0 aromatic carbocycles. The number of nitrogens with one attached hydrogen (secondary N) is 1. The Morgan fingerprint density at radius 2 is 2.19 bits per heavy atom. The van der Waals surface area contributed by atoms with E-state index in [0.717, 1.165) is 36.7 Å². The van der Waals surface area contributed by atoms with Crippen molar-refractivity contribution >= 4 is 11.4 Å². The Kier molecular flexibility index (Phi) is 4.29. The number of allylic oxidation sites excluding steroid dienone is 4. The number of nitrogens with zero attached hydrogens (tertiary/aromatic N) is 5. The third kappa shape index (κ3) is 2.90. The number of hydrogen-bond donors (Lipinski definition) is 2. The summed E-state index contributed by atoms with van der Waals surface area (Å²) in [6.07, 6.45) is 7.57. The first kappa shape index (κ1) is 16.5. The Balaban J connectivity index is 1.77. The van der Waals surface area contributed by atoms with Crippen molar-refractivity contribution < 1.29 is 8.78 Å². The molecule has 26 heavy (non-hydrogen) atoms. The molecule has 0 bridgehead atoms. The highest BCUT2D eigenvalue weighted by atomic mass is 19.2. The van der Waals surface area contributed by atoms with E-state index in [4.69, 9.17) is 5.73 Å². The monoisotopic (exact) mass is 357 g/mol. The lowest BCUT2D eigenvalue weighted by Gasteiger charge is -2.19. The summed E-state index contributed by atoms with van der Waals surface area (Å²) in [6, 6.07) is 0.907. The number of pyridine rings is 1. The van der Waals surface area contributed by atoms with Crippen LogP contribution in [0.3, 0.4) is 0 Å².